The average Bonchev–Trinajstić information content (AvgIpc) is 3.06. The molecule has 0 unspecified atom stereocenters. The number of hydrogen-bond donors (Lipinski definition) is 0. The van der Waals surface area contributed by atoms with E-state index in [9.17, 15) is 8.42 Å². The van der Waals surface area contributed by atoms with Crippen LogP contribution in [0.25, 0.3) is 0 Å². The van der Waals surface area contributed by atoms with Crippen LogP contribution < -0.4 is 0 Å². The van der Waals surface area contributed by atoms with Gasteiger partial charge in [-0.05, 0) is 36.6 Å². The molecule has 2 aromatic rings. The molecule has 0 saturated carbocycles. The number of hydrogen-bond acceptors (Lipinski definition) is 3. The molecule has 1 atom stereocenters. The van der Waals surface area contributed by atoms with Gasteiger partial charge < -0.3 is 4.74 Å². The number of benzene rings is 2. The van der Waals surface area contributed by atoms with Gasteiger partial charge in [-0.15, -0.1) is 0 Å². The highest BCUT2D eigenvalue weighted by Crippen LogP contribution is 2.26. The summed E-state index contributed by atoms with van der Waals surface area (Å²) < 4.78 is 32.8. The standard InChI is InChI=1S/C18H20NO3S/c20-23(21,18-11-5-2-6-12-18)19-13-7-10-17(19)15-22-14-16-8-3-1-4-9-16/h1-5,8-9,11-12,17H,7,10,13-15H2/t17-/m0/s1. The summed E-state index contributed by atoms with van der Waals surface area (Å²) in [6.45, 7) is 1.48. The van der Waals surface area contributed by atoms with Crippen molar-refractivity contribution < 1.29 is 13.2 Å². The Kier molecular flexibility index (Phi) is 5.10. The van der Waals surface area contributed by atoms with Gasteiger partial charge in [-0.2, -0.15) is 4.31 Å². The van der Waals surface area contributed by atoms with Crippen LogP contribution in [0.5, 0.6) is 0 Å². The predicted molar refractivity (Wildman–Crippen MR) is 88.3 cm³/mol. The molecule has 1 fully saturated rings. The Morgan fingerprint density at radius 3 is 2.74 bits per heavy atom. The van der Waals surface area contributed by atoms with Gasteiger partial charge in [0.25, 0.3) is 0 Å². The minimum Gasteiger partial charge on any atom is -0.375 e. The summed E-state index contributed by atoms with van der Waals surface area (Å²) in [4.78, 5) is 0.301. The maximum atomic E-state index is 12.7. The fourth-order valence-electron chi connectivity index (χ4n) is 2.85. The normalized spacial score (nSPS) is 19.0. The molecule has 0 aromatic heterocycles. The zero-order chi connectivity index (χ0) is 16.1. The molecule has 5 heteroatoms. The fraction of sp³-hybridized carbons (Fsp3) is 0.333. The molecule has 4 nitrogen and oxygen atoms in total. The van der Waals surface area contributed by atoms with Gasteiger partial charge in [0.15, 0.2) is 0 Å². The minimum absolute atomic E-state index is 0.0936. The van der Waals surface area contributed by atoms with Crippen molar-refractivity contribution in [2.75, 3.05) is 13.2 Å². The summed E-state index contributed by atoms with van der Waals surface area (Å²) >= 11 is 0. The van der Waals surface area contributed by atoms with Crippen molar-refractivity contribution >= 4 is 10.0 Å². The van der Waals surface area contributed by atoms with E-state index in [1.165, 1.54) is 6.07 Å². The number of nitrogens with zero attached hydrogens (tertiary/aromatic N) is 1. The van der Waals surface area contributed by atoms with Crippen LogP contribution in [0.15, 0.2) is 59.5 Å². The van der Waals surface area contributed by atoms with Gasteiger partial charge in [0.2, 0.25) is 10.0 Å². The second-order valence-electron chi connectivity index (χ2n) is 5.65. The molecule has 1 radical (unpaired) electrons. The number of sulfonamides is 1. The summed E-state index contributed by atoms with van der Waals surface area (Å²) in [6, 6.07) is 19.2. The molecular weight excluding hydrogens is 310 g/mol. The van der Waals surface area contributed by atoms with Crippen molar-refractivity contribution in [3.05, 3.63) is 66.2 Å². The average molecular weight is 330 g/mol. The highest BCUT2D eigenvalue weighted by Gasteiger charge is 2.35. The Morgan fingerprint density at radius 2 is 2.00 bits per heavy atom. The van der Waals surface area contributed by atoms with Crippen molar-refractivity contribution in [1.29, 1.82) is 0 Å². The lowest BCUT2D eigenvalue weighted by atomic mass is 10.2. The van der Waals surface area contributed by atoms with E-state index in [-0.39, 0.29) is 6.04 Å². The Labute approximate surface area is 137 Å². The third-order valence-corrected chi connectivity index (χ3v) is 5.98. The smallest absolute Gasteiger partial charge is 0.243 e. The largest absolute Gasteiger partial charge is 0.375 e. The SMILES string of the molecule is O=S(=O)(c1c[c]ccc1)N1CCC[C@H]1COCc1ccccc1. The molecule has 0 amide bonds. The topological polar surface area (TPSA) is 46.6 Å². The van der Waals surface area contributed by atoms with Crippen LogP contribution >= 0.6 is 0 Å². The zero-order valence-electron chi connectivity index (χ0n) is 12.9. The first-order valence-electron chi connectivity index (χ1n) is 7.77. The van der Waals surface area contributed by atoms with Gasteiger partial charge in [0, 0.05) is 12.6 Å². The summed E-state index contributed by atoms with van der Waals surface area (Å²) in [5.41, 5.74) is 1.09. The van der Waals surface area contributed by atoms with Crippen LogP contribution in [0.1, 0.15) is 18.4 Å². The first-order chi connectivity index (χ1) is 11.2. The molecule has 1 saturated heterocycles. The Bertz CT molecular complexity index is 716. The van der Waals surface area contributed by atoms with Gasteiger partial charge >= 0.3 is 0 Å². The summed E-state index contributed by atoms with van der Waals surface area (Å²) in [5.74, 6) is 0. The first-order valence-corrected chi connectivity index (χ1v) is 9.21. The van der Waals surface area contributed by atoms with Crippen LogP contribution in [0, 0.1) is 6.07 Å². The molecule has 23 heavy (non-hydrogen) atoms. The fourth-order valence-corrected chi connectivity index (χ4v) is 4.52. The van der Waals surface area contributed by atoms with E-state index >= 15 is 0 Å². The number of rotatable bonds is 6. The highest BCUT2D eigenvalue weighted by molar-refractivity contribution is 7.89. The molecule has 2 aromatic carbocycles. The van der Waals surface area contributed by atoms with Crippen molar-refractivity contribution in [3.8, 4) is 0 Å². The van der Waals surface area contributed by atoms with Crippen molar-refractivity contribution in [1.82, 2.24) is 4.31 Å². The van der Waals surface area contributed by atoms with E-state index in [1.54, 1.807) is 22.5 Å². The van der Waals surface area contributed by atoms with Crippen LogP contribution in [-0.2, 0) is 21.4 Å². The third kappa shape index (κ3) is 3.80. The summed E-state index contributed by atoms with van der Waals surface area (Å²) in [7, 11) is -3.46. The van der Waals surface area contributed by atoms with Gasteiger partial charge in [-0.25, -0.2) is 8.42 Å². The molecule has 3 rings (SSSR count). The van der Waals surface area contributed by atoms with E-state index in [2.05, 4.69) is 6.07 Å². The maximum Gasteiger partial charge on any atom is 0.243 e. The zero-order valence-corrected chi connectivity index (χ0v) is 13.7. The lowest BCUT2D eigenvalue weighted by Gasteiger charge is -2.24. The Hall–Kier alpha value is -1.69. The minimum atomic E-state index is -3.46. The highest BCUT2D eigenvalue weighted by atomic mass is 32.2. The molecule has 1 aliphatic rings. The van der Waals surface area contributed by atoms with Gasteiger partial charge in [-0.3, -0.25) is 0 Å². The van der Waals surface area contributed by atoms with E-state index < -0.39 is 10.0 Å². The van der Waals surface area contributed by atoms with E-state index in [1.807, 2.05) is 30.3 Å². The van der Waals surface area contributed by atoms with Crippen LogP contribution in [0.4, 0.5) is 0 Å². The molecule has 0 aliphatic carbocycles. The second kappa shape index (κ2) is 7.25. The Morgan fingerprint density at radius 1 is 1.17 bits per heavy atom. The van der Waals surface area contributed by atoms with Crippen molar-refractivity contribution in [2.24, 2.45) is 0 Å². The summed E-state index contributed by atoms with van der Waals surface area (Å²) in [6.07, 6.45) is 1.71. The Balaban J connectivity index is 1.64. The molecule has 0 N–H and O–H groups in total. The van der Waals surface area contributed by atoms with Crippen molar-refractivity contribution in [3.63, 3.8) is 0 Å². The number of ether oxygens (including phenoxy) is 1. The third-order valence-electron chi connectivity index (χ3n) is 4.03. The summed E-state index contributed by atoms with van der Waals surface area (Å²) in [5, 5.41) is 0. The lowest BCUT2D eigenvalue weighted by Crippen LogP contribution is -2.38. The lowest BCUT2D eigenvalue weighted by molar-refractivity contribution is 0.0873. The van der Waals surface area contributed by atoms with Crippen LogP contribution in [0.3, 0.4) is 0 Å². The van der Waals surface area contributed by atoms with Gasteiger partial charge in [-0.1, -0.05) is 42.5 Å². The van der Waals surface area contributed by atoms with Crippen LogP contribution in [-0.4, -0.2) is 31.9 Å². The monoisotopic (exact) mass is 330 g/mol. The molecule has 121 valence electrons. The van der Waals surface area contributed by atoms with E-state index in [4.69, 9.17) is 4.74 Å². The second-order valence-corrected chi connectivity index (χ2v) is 7.54. The molecule has 0 spiro atoms. The maximum absolute atomic E-state index is 12.7. The van der Waals surface area contributed by atoms with Crippen LogP contribution in [0.2, 0.25) is 0 Å². The molecular formula is C18H20NO3S. The van der Waals surface area contributed by atoms with E-state index in [0.29, 0.717) is 24.7 Å². The predicted octanol–water partition coefficient (Wildman–Crippen LogP) is 2.86. The van der Waals surface area contributed by atoms with E-state index in [0.717, 1.165) is 18.4 Å². The molecule has 1 heterocycles. The van der Waals surface area contributed by atoms with Gasteiger partial charge in [0.05, 0.1) is 18.1 Å². The molecule has 0 bridgehead atoms. The van der Waals surface area contributed by atoms with Gasteiger partial charge in [0.1, 0.15) is 0 Å². The quantitative estimate of drug-likeness (QED) is 0.818. The van der Waals surface area contributed by atoms with Crippen molar-refractivity contribution in [2.45, 2.75) is 30.4 Å². The molecule has 1 aliphatic heterocycles. The first kappa shape index (κ1) is 16.2.